The molecule has 1 N–H and O–H groups in total. The lowest BCUT2D eigenvalue weighted by atomic mass is 10.2. The van der Waals surface area contributed by atoms with E-state index < -0.39 is 0 Å². The molecule has 0 atom stereocenters. The smallest absolute Gasteiger partial charge is 0.194 e. The van der Waals surface area contributed by atoms with Gasteiger partial charge in [-0.05, 0) is 31.0 Å². The van der Waals surface area contributed by atoms with Crippen LogP contribution in [0.2, 0.25) is 0 Å². The average molecular weight is 514 g/mol. The summed E-state index contributed by atoms with van der Waals surface area (Å²) in [6, 6.07) is 6.09. The zero-order valence-electron chi connectivity index (χ0n) is 17.6. The van der Waals surface area contributed by atoms with Crippen molar-refractivity contribution in [3.63, 3.8) is 0 Å². The number of hydrogen-bond donors (Lipinski definition) is 1. The summed E-state index contributed by atoms with van der Waals surface area (Å²) in [4.78, 5) is 6.89. The molecule has 29 heavy (non-hydrogen) atoms. The fourth-order valence-electron chi connectivity index (χ4n) is 2.96. The molecular formula is C20H31IN6O2. The fraction of sp³-hybridized carbons (Fsp3) is 0.550. The molecule has 3 rings (SSSR count). The Morgan fingerprint density at radius 2 is 2.00 bits per heavy atom. The topological polar surface area (TPSA) is 76.8 Å². The van der Waals surface area contributed by atoms with Crippen LogP contribution in [-0.4, -0.2) is 52.4 Å². The van der Waals surface area contributed by atoms with Crippen LogP contribution in [0.4, 0.5) is 0 Å². The maximum Gasteiger partial charge on any atom is 0.194 e. The summed E-state index contributed by atoms with van der Waals surface area (Å²) in [7, 11) is 4.00. The first kappa shape index (κ1) is 23.2. The van der Waals surface area contributed by atoms with E-state index in [1.54, 1.807) is 0 Å². The van der Waals surface area contributed by atoms with Crippen molar-refractivity contribution in [1.82, 2.24) is 25.0 Å². The molecule has 1 aromatic carbocycles. The maximum absolute atomic E-state index is 5.70. The standard InChI is InChI=1S/C20H30N6O2.HI/c1-5-6-9-21-20(22-13-19-24-23-15(2)26(19)4)25(3)14-16-7-8-17-18(12-16)28-11-10-27-17;/h7-8,12H,5-6,9-11,13-14H2,1-4H3,(H,21,22);1H. The third-order valence-electron chi connectivity index (χ3n) is 4.75. The van der Waals surface area contributed by atoms with Crippen LogP contribution in [0.3, 0.4) is 0 Å². The van der Waals surface area contributed by atoms with E-state index in [1.807, 2.05) is 37.7 Å². The second kappa shape index (κ2) is 11.2. The number of hydrogen-bond acceptors (Lipinski definition) is 5. The van der Waals surface area contributed by atoms with Crippen molar-refractivity contribution in [2.75, 3.05) is 26.8 Å². The van der Waals surface area contributed by atoms with Gasteiger partial charge in [0.25, 0.3) is 0 Å². The molecule has 0 saturated heterocycles. The van der Waals surface area contributed by atoms with Crippen molar-refractivity contribution < 1.29 is 9.47 Å². The molecule has 0 unspecified atom stereocenters. The number of unbranched alkanes of at least 4 members (excludes halogenated alkanes) is 1. The first-order valence-corrected chi connectivity index (χ1v) is 9.81. The van der Waals surface area contributed by atoms with E-state index in [0.29, 0.717) is 26.3 Å². The molecule has 1 aliphatic heterocycles. The molecule has 0 radical (unpaired) electrons. The van der Waals surface area contributed by atoms with Crippen LogP contribution in [0.1, 0.15) is 37.0 Å². The van der Waals surface area contributed by atoms with Gasteiger partial charge in [-0.2, -0.15) is 0 Å². The molecule has 1 aromatic heterocycles. The number of fused-ring (bicyclic) bond motifs is 1. The number of benzene rings is 1. The Morgan fingerprint density at radius 3 is 2.69 bits per heavy atom. The van der Waals surface area contributed by atoms with Crippen LogP contribution >= 0.6 is 24.0 Å². The van der Waals surface area contributed by atoms with Crippen LogP contribution in [-0.2, 0) is 20.1 Å². The zero-order chi connectivity index (χ0) is 19.9. The van der Waals surface area contributed by atoms with E-state index in [9.17, 15) is 0 Å². The van der Waals surface area contributed by atoms with Crippen LogP contribution in [0.5, 0.6) is 11.5 Å². The van der Waals surface area contributed by atoms with Crippen molar-refractivity contribution in [3.05, 3.63) is 35.4 Å². The predicted molar refractivity (Wildman–Crippen MR) is 124 cm³/mol. The van der Waals surface area contributed by atoms with Crippen LogP contribution < -0.4 is 14.8 Å². The summed E-state index contributed by atoms with van der Waals surface area (Å²) in [6.07, 6.45) is 2.23. The largest absolute Gasteiger partial charge is 0.486 e. The summed E-state index contributed by atoms with van der Waals surface area (Å²) < 4.78 is 13.3. The molecule has 9 heteroatoms. The molecule has 160 valence electrons. The molecule has 2 heterocycles. The minimum absolute atomic E-state index is 0. The first-order chi connectivity index (χ1) is 13.6. The van der Waals surface area contributed by atoms with Crippen molar-refractivity contribution in [2.45, 2.75) is 39.8 Å². The van der Waals surface area contributed by atoms with Crippen LogP contribution in [0.25, 0.3) is 0 Å². The molecule has 1 aliphatic rings. The predicted octanol–water partition coefficient (Wildman–Crippen LogP) is 2.89. The van der Waals surface area contributed by atoms with Gasteiger partial charge < -0.3 is 24.3 Å². The molecular weight excluding hydrogens is 483 g/mol. The average Bonchev–Trinajstić information content (AvgIpc) is 3.02. The Kier molecular flexibility index (Phi) is 8.99. The number of guanidine groups is 1. The highest BCUT2D eigenvalue weighted by Crippen LogP contribution is 2.31. The van der Waals surface area contributed by atoms with Gasteiger partial charge in [0.05, 0.1) is 0 Å². The van der Waals surface area contributed by atoms with E-state index >= 15 is 0 Å². The molecule has 0 aliphatic carbocycles. The maximum atomic E-state index is 5.70. The van der Waals surface area contributed by atoms with E-state index in [1.165, 1.54) is 0 Å². The number of aryl methyl sites for hydroxylation is 1. The van der Waals surface area contributed by atoms with Gasteiger partial charge in [-0.3, -0.25) is 0 Å². The van der Waals surface area contributed by atoms with Crippen LogP contribution in [0, 0.1) is 6.92 Å². The van der Waals surface area contributed by atoms with Crippen molar-refractivity contribution in [3.8, 4) is 11.5 Å². The number of aliphatic imine (C=N–C) groups is 1. The normalized spacial score (nSPS) is 13.0. The van der Waals surface area contributed by atoms with E-state index in [-0.39, 0.29) is 24.0 Å². The number of nitrogens with zero attached hydrogens (tertiary/aromatic N) is 5. The van der Waals surface area contributed by atoms with Gasteiger partial charge in [0, 0.05) is 27.2 Å². The highest BCUT2D eigenvalue weighted by molar-refractivity contribution is 14.0. The third-order valence-corrected chi connectivity index (χ3v) is 4.75. The fourth-order valence-corrected chi connectivity index (χ4v) is 2.96. The monoisotopic (exact) mass is 514 g/mol. The Bertz CT molecular complexity index is 823. The van der Waals surface area contributed by atoms with Gasteiger partial charge in [0.1, 0.15) is 25.6 Å². The van der Waals surface area contributed by atoms with Gasteiger partial charge in [0.15, 0.2) is 23.3 Å². The highest BCUT2D eigenvalue weighted by Gasteiger charge is 2.14. The van der Waals surface area contributed by atoms with E-state index in [0.717, 1.165) is 54.1 Å². The molecule has 0 spiro atoms. The molecule has 8 nitrogen and oxygen atoms in total. The third kappa shape index (κ3) is 6.22. The van der Waals surface area contributed by atoms with Crippen molar-refractivity contribution in [1.29, 1.82) is 0 Å². The minimum Gasteiger partial charge on any atom is -0.486 e. The summed E-state index contributed by atoms with van der Waals surface area (Å²) in [5.74, 6) is 4.20. The Labute approximate surface area is 189 Å². The summed E-state index contributed by atoms with van der Waals surface area (Å²) in [5, 5.41) is 11.8. The lowest BCUT2D eigenvalue weighted by molar-refractivity contribution is 0.171. The highest BCUT2D eigenvalue weighted by atomic mass is 127. The summed E-state index contributed by atoms with van der Waals surface area (Å²) >= 11 is 0. The summed E-state index contributed by atoms with van der Waals surface area (Å²) in [6.45, 7) is 7.40. The number of aromatic nitrogens is 3. The Balaban J connectivity index is 0.00000300. The number of halogens is 1. The second-order valence-electron chi connectivity index (χ2n) is 6.98. The SMILES string of the molecule is CCCCNC(=NCc1nnc(C)n1C)N(C)Cc1ccc2c(c1)OCCO2.I. The second-order valence-corrected chi connectivity index (χ2v) is 6.98. The molecule has 0 bridgehead atoms. The quantitative estimate of drug-likeness (QED) is 0.265. The van der Waals surface area contributed by atoms with E-state index in [4.69, 9.17) is 14.5 Å². The lowest BCUT2D eigenvalue weighted by Crippen LogP contribution is -2.39. The van der Waals surface area contributed by atoms with Crippen molar-refractivity contribution in [2.24, 2.45) is 12.0 Å². The van der Waals surface area contributed by atoms with Gasteiger partial charge in [0.2, 0.25) is 0 Å². The molecule has 0 amide bonds. The molecule has 2 aromatic rings. The van der Waals surface area contributed by atoms with E-state index in [2.05, 4.69) is 33.4 Å². The van der Waals surface area contributed by atoms with Crippen molar-refractivity contribution >= 4 is 29.9 Å². The number of rotatable bonds is 7. The van der Waals surface area contributed by atoms with Gasteiger partial charge in [-0.1, -0.05) is 19.4 Å². The van der Waals surface area contributed by atoms with Gasteiger partial charge >= 0.3 is 0 Å². The molecule has 0 fully saturated rings. The number of ether oxygens (including phenoxy) is 2. The number of nitrogens with one attached hydrogen (secondary N) is 1. The Hall–Kier alpha value is -2.04. The summed E-state index contributed by atoms with van der Waals surface area (Å²) in [5.41, 5.74) is 1.14. The van der Waals surface area contributed by atoms with Gasteiger partial charge in [-0.25, -0.2) is 4.99 Å². The minimum atomic E-state index is 0. The Morgan fingerprint density at radius 1 is 1.24 bits per heavy atom. The molecule has 0 saturated carbocycles. The van der Waals surface area contributed by atoms with Crippen LogP contribution in [0.15, 0.2) is 23.2 Å². The zero-order valence-corrected chi connectivity index (χ0v) is 20.0. The van der Waals surface area contributed by atoms with Gasteiger partial charge in [-0.15, -0.1) is 34.2 Å². The first-order valence-electron chi connectivity index (χ1n) is 9.81. The lowest BCUT2D eigenvalue weighted by Gasteiger charge is -2.24.